The molecule has 3 aromatic carbocycles. The average Bonchev–Trinajstić information content (AvgIpc) is 3.36. The van der Waals surface area contributed by atoms with E-state index in [1.54, 1.807) is 12.1 Å². The summed E-state index contributed by atoms with van der Waals surface area (Å²) in [6.07, 6.45) is -2.63. The molecule has 9 heteroatoms. The first kappa shape index (κ1) is 27.9. The molecule has 1 aliphatic heterocycles. The molecule has 0 spiro atoms. The standard InChI is InChI=1S/C31H32F3N3O3/c1-20-4-3-5-27(29(20)21-6-9-24(10-7-21)31(32,33)34)30(39)35-25-11-8-22-17-26(18-23(22)16-25)36-12-14-37(15-13-36)28(38)19-40-2/h3-11,16,26H,12-15,17-19H2,1-2H3,(H,35,39). The summed E-state index contributed by atoms with van der Waals surface area (Å²) in [4.78, 5) is 29.8. The molecule has 6 nitrogen and oxygen atoms in total. The van der Waals surface area contributed by atoms with Crippen molar-refractivity contribution in [2.24, 2.45) is 0 Å². The number of piperazine rings is 1. The first-order valence-corrected chi connectivity index (χ1v) is 13.3. The molecule has 0 saturated carbocycles. The van der Waals surface area contributed by atoms with Crippen molar-refractivity contribution in [3.63, 3.8) is 0 Å². The Labute approximate surface area is 231 Å². The molecule has 1 N–H and O–H groups in total. The number of benzene rings is 3. The fourth-order valence-electron chi connectivity index (χ4n) is 5.75. The van der Waals surface area contributed by atoms with Crippen LogP contribution in [0.5, 0.6) is 0 Å². The molecule has 2 aliphatic rings. The molecule has 5 rings (SSSR count). The summed E-state index contributed by atoms with van der Waals surface area (Å²) < 4.78 is 44.2. The molecule has 210 valence electrons. The van der Waals surface area contributed by atoms with E-state index in [4.69, 9.17) is 4.74 Å². The maximum atomic E-state index is 13.4. The second kappa shape index (κ2) is 11.4. The van der Waals surface area contributed by atoms with Crippen molar-refractivity contribution in [1.82, 2.24) is 9.80 Å². The number of anilines is 1. The van der Waals surface area contributed by atoms with Crippen LogP contribution in [-0.4, -0.2) is 67.6 Å². The van der Waals surface area contributed by atoms with Crippen molar-refractivity contribution in [2.75, 3.05) is 45.2 Å². The molecule has 0 aromatic heterocycles. The van der Waals surface area contributed by atoms with Gasteiger partial charge in [0.2, 0.25) is 5.91 Å². The number of aryl methyl sites for hydroxylation is 1. The Kier molecular flexibility index (Phi) is 7.96. The molecule has 1 heterocycles. The van der Waals surface area contributed by atoms with Crippen LogP contribution in [0.1, 0.15) is 32.6 Å². The molecule has 1 unspecified atom stereocenters. The molecule has 40 heavy (non-hydrogen) atoms. The maximum absolute atomic E-state index is 13.4. The molecular formula is C31H32F3N3O3. The van der Waals surface area contributed by atoms with Gasteiger partial charge in [0.05, 0.1) is 5.56 Å². The Morgan fingerprint density at radius 1 is 0.950 bits per heavy atom. The summed E-state index contributed by atoms with van der Waals surface area (Å²) in [6.45, 7) is 4.96. The minimum atomic E-state index is -4.42. The van der Waals surface area contributed by atoms with Gasteiger partial charge in [0, 0.05) is 50.6 Å². The van der Waals surface area contributed by atoms with Crippen molar-refractivity contribution in [1.29, 1.82) is 0 Å². The van der Waals surface area contributed by atoms with Crippen molar-refractivity contribution >= 4 is 17.5 Å². The molecule has 1 saturated heterocycles. The number of carbonyl (C=O) groups is 2. The lowest BCUT2D eigenvalue weighted by Crippen LogP contribution is -2.52. The number of nitrogens with one attached hydrogen (secondary N) is 1. The van der Waals surface area contributed by atoms with Gasteiger partial charge in [0.15, 0.2) is 0 Å². The van der Waals surface area contributed by atoms with Gasteiger partial charge in [0.1, 0.15) is 6.61 Å². The number of halogens is 3. The second-order valence-electron chi connectivity index (χ2n) is 10.4. The third kappa shape index (κ3) is 5.90. The number of nitrogens with zero attached hydrogens (tertiary/aromatic N) is 2. The first-order valence-electron chi connectivity index (χ1n) is 13.3. The smallest absolute Gasteiger partial charge is 0.375 e. The molecule has 0 radical (unpaired) electrons. The number of rotatable bonds is 6. The van der Waals surface area contributed by atoms with E-state index in [0.717, 1.165) is 43.6 Å². The molecule has 1 aliphatic carbocycles. The third-order valence-electron chi connectivity index (χ3n) is 7.84. The summed E-state index contributed by atoms with van der Waals surface area (Å²) in [5.41, 5.74) is 4.75. The Hall–Kier alpha value is -3.69. The zero-order valence-corrected chi connectivity index (χ0v) is 22.6. The third-order valence-corrected chi connectivity index (χ3v) is 7.84. The largest absolute Gasteiger partial charge is 0.416 e. The van der Waals surface area contributed by atoms with Crippen molar-refractivity contribution in [3.8, 4) is 11.1 Å². The summed E-state index contributed by atoms with van der Waals surface area (Å²) >= 11 is 0. The van der Waals surface area contributed by atoms with E-state index in [1.165, 1.54) is 30.4 Å². The van der Waals surface area contributed by atoms with Crippen LogP contribution in [-0.2, 0) is 28.5 Å². The Morgan fingerprint density at radius 3 is 2.33 bits per heavy atom. The highest BCUT2D eigenvalue weighted by Crippen LogP contribution is 2.34. The zero-order valence-electron chi connectivity index (χ0n) is 22.6. The van der Waals surface area contributed by atoms with Gasteiger partial charge >= 0.3 is 6.18 Å². The molecule has 1 atom stereocenters. The first-order chi connectivity index (χ1) is 19.1. The number of hydrogen-bond donors (Lipinski definition) is 1. The lowest BCUT2D eigenvalue weighted by molar-refractivity contribution is -0.138. The SMILES string of the molecule is COCC(=O)N1CCN(C2Cc3ccc(NC(=O)c4cccc(C)c4-c4ccc(C(F)(F)F)cc4)cc3C2)CC1. The summed E-state index contributed by atoms with van der Waals surface area (Å²) in [5.74, 6) is -0.294. The second-order valence-corrected chi connectivity index (χ2v) is 10.4. The average molecular weight is 552 g/mol. The summed E-state index contributed by atoms with van der Waals surface area (Å²) in [7, 11) is 1.53. The van der Waals surface area contributed by atoms with Gasteiger partial charge in [-0.3, -0.25) is 14.5 Å². The van der Waals surface area contributed by atoms with E-state index >= 15 is 0 Å². The van der Waals surface area contributed by atoms with Gasteiger partial charge in [-0.1, -0.05) is 30.3 Å². The highest BCUT2D eigenvalue weighted by molar-refractivity contribution is 6.09. The van der Waals surface area contributed by atoms with Crippen LogP contribution in [0, 0.1) is 6.92 Å². The number of hydrogen-bond acceptors (Lipinski definition) is 4. The fraction of sp³-hybridized carbons (Fsp3) is 0.355. The van der Waals surface area contributed by atoms with E-state index in [1.807, 2.05) is 30.0 Å². The quantitative estimate of drug-likeness (QED) is 0.458. The van der Waals surface area contributed by atoms with E-state index < -0.39 is 11.7 Å². The van der Waals surface area contributed by atoms with Crippen LogP contribution in [0.4, 0.5) is 18.9 Å². The number of alkyl halides is 3. The van der Waals surface area contributed by atoms with Gasteiger partial charge in [-0.2, -0.15) is 13.2 Å². The number of carbonyl (C=O) groups excluding carboxylic acids is 2. The van der Waals surface area contributed by atoms with E-state index in [9.17, 15) is 22.8 Å². The van der Waals surface area contributed by atoms with Crippen LogP contribution >= 0.6 is 0 Å². The minimum absolute atomic E-state index is 0.0207. The van der Waals surface area contributed by atoms with E-state index in [0.29, 0.717) is 41.5 Å². The number of fused-ring (bicyclic) bond motifs is 1. The molecule has 0 bridgehead atoms. The van der Waals surface area contributed by atoms with E-state index in [2.05, 4.69) is 16.3 Å². The highest BCUT2D eigenvalue weighted by atomic mass is 19.4. The Balaban J connectivity index is 1.27. The van der Waals surface area contributed by atoms with Crippen molar-refractivity contribution in [2.45, 2.75) is 32.0 Å². The van der Waals surface area contributed by atoms with Crippen molar-refractivity contribution in [3.05, 3.63) is 88.5 Å². The number of methoxy groups -OCH3 is 1. The lowest BCUT2D eigenvalue weighted by Gasteiger charge is -2.38. The predicted molar refractivity (Wildman–Crippen MR) is 147 cm³/mol. The summed E-state index contributed by atoms with van der Waals surface area (Å²) in [6, 6.07) is 16.5. The Bertz CT molecular complexity index is 1400. The van der Waals surface area contributed by atoms with Crippen LogP contribution in [0.15, 0.2) is 60.7 Å². The van der Waals surface area contributed by atoms with E-state index in [-0.39, 0.29) is 18.4 Å². The van der Waals surface area contributed by atoms with Crippen molar-refractivity contribution < 1.29 is 27.5 Å². The number of ether oxygens (including phenoxy) is 1. The van der Waals surface area contributed by atoms with Gasteiger partial charge in [-0.25, -0.2) is 0 Å². The van der Waals surface area contributed by atoms with Crippen LogP contribution < -0.4 is 5.32 Å². The molecule has 3 aromatic rings. The topological polar surface area (TPSA) is 61.9 Å². The molecule has 1 fully saturated rings. The lowest BCUT2D eigenvalue weighted by atomic mass is 9.93. The zero-order chi connectivity index (χ0) is 28.4. The van der Waals surface area contributed by atoms with Gasteiger partial charge in [-0.05, 0) is 77.9 Å². The highest BCUT2D eigenvalue weighted by Gasteiger charge is 2.31. The maximum Gasteiger partial charge on any atom is 0.416 e. The van der Waals surface area contributed by atoms with Crippen LogP contribution in [0.3, 0.4) is 0 Å². The minimum Gasteiger partial charge on any atom is -0.375 e. The normalized spacial score (nSPS) is 17.5. The Morgan fingerprint density at radius 2 is 1.65 bits per heavy atom. The summed E-state index contributed by atoms with van der Waals surface area (Å²) in [5, 5.41) is 3.00. The van der Waals surface area contributed by atoms with Gasteiger partial charge in [-0.15, -0.1) is 0 Å². The predicted octanol–water partition coefficient (Wildman–Crippen LogP) is 5.19. The molecule has 2 amide bonds. The van der Waals surface area contributed by atoms with Crippen LogP contribution in [0.25, 0.3) is 11.1 Å². The van der Waals surface area contributed by atoms with Crippen LogP contribution in [0.2, 0.25) is 0 Å². The van der Waals surface area contributed by atoms with Gasteiger partial charge < -0.3 is 15.0 Å². The fourth-order valence-corrected chi connectivity index (χ4v) is 5.75. The number of amides is 2. The molecular weight excluding hydrogens is 519 g/mol. The monoisotopic (exact) mass is 551 g/mol. The van der Waals surface area contributed by atoms with Gasteiger partial charge in [0.25, 0.3) is 5.91 Å².